The molecule has 0 aliphatic rings. The molecule has 0 bridgehead atoms. The van der Waals surface area contributed by atoms with Crippen LogP contribution in [0.2, 0.25) is 0 Å². The van der Waals surface area contributed by atoms with E-state index >= 15 is 0 Å². The molecule has 6 nitrogen and oxygen atoms in total. The third kappa shape index (κ3) is 12.9. The molecule has 0 saturated heterocycles. The van der Waals surface area contributed by atoms with Crippen molar-refractivity contribution in [1.29, 1.82) is 0 Å². The second-order valence-corrected chi connectivity index (χ2v) is 3.15. The molecule has 0 amide bonds. The fraction of sp³-hybridized carbons (Fsp3) is 0.500. The van der Waals surface area contributed by atoms with Crippen LogP contribution in [0.5, 0.6) is 0 Å². The molecule has 3 N–H and O–H groups in total. The molecule has 0 heterocycles. The first-order chi connectivity index (χ1) is 6.82. The van der Waals surface area contributed by atoms with Crippen molar-refractivity contribution >= 4 is 24.0 Å². The number of aliphatic hydroxyl groups is 1. The highest BCUT2D eigenvalue weighted by Gasteiger charge is 2.13. The van der Waals surface area contributed by atoms with Crippen molar-refractivity contribution in [3.05, 3.63) is 12.2 Å². The lowest BCUT2D eigenvalue weighted by Crippen LogP contribution is -2.15. The van der Waals surface area contributed by atoms with Crippen molar-refractivity contribution in [2.24, 2.45) is 0 Å². The second-order valence-electron chi connectivity index (χ2n) is 2.28. The van der Waals surface area contributed by atoms with Crippen molar-refractivity contribution in [2.75, 3.05) is 6.61 Å². The summed E-state index contributed by atoms with van der Waals surface area (Å²) in [5, 5.41) is 24.4. The van der Waals surface area contributed by atoms with Crippen molar-refractivity contribution in [3.63, 3.8) is 0 Å². The van der Waals surface area contributed by atoms with Gasteiger partial charge in [-0.25, -0.2) is 9.59 Å². The highest BCUT2D eigenvalue weighted by atomic mass is 32.2. The van der Waals surface area contributed by atoms with Gasteiger partial charge in [0, 0.05) is 17.6 Å². The summed E-state index contributed by atoms with van der Waals surface area (Å²) >= 11 is 0.541. The lowest BCUT2D eigenvalue weighted by molar-refractivity contribution is -0.142. The Labute approximate surface area is 91.8 Å². The predicted octanol–water partition coefficient (Wildman–Crippen LogP) is 0.721. The monoisotopic (exact) mass is 238 g/mol. The zero-order valence-corrected chi connectivity index (χ0v) is 9.28. The van der Waals surface area contributed by atoms with Gasteiger partial charge in [0.1, 0.15) is 0 Å². The first-order valence-corrected chi connectivity index (χ1v) is 4.71. The standard InChI is InChI=1S/C4H8O4S.C4H6O2/c1-2-8-9-4(7)3(5)6;1-3(2)4(5)6/h4,7H,2H2,1H3,(H,5,6);1H2,2H3,(H,5,6). The quantitative estimate of drug-likeness (QED) is 0.368. The molecule has 1 atom stereocenters. The van der Waals surface area contributed by atoms with Crippen LogP contribution in [0.25, 0.3) is 0 Å². The van der Waals surface area contributed by atoms with Crippen LogP contribution >= 0.6 is 12.0 Å². The summed E-state index contributed by atoms with van der Waals surface area (Å²) in [6.45, 7) is 6.70. The normalized spacial score (nSPS) is 10.9. The maximum Gasteiger partial charge on any atom is 0.345 e. The van der Waals surface area contributed by atoms with Crippen LogP contribution < -0.4 is 0 Å². The smallest absolute Gasteiger partial charge is 0.345 e. The van der Waals surface area contributed by atoms with E-state index in [1.165, 1.54) is 6.92 Å². The molecular weight excluding hydrogens is 224 g/mol. The molecule has 0 aliphatic heterocycles. The summed E-state index contributed by atoms with van der Waals surface area (Å²) in [4.78, 5) is 19.5. The first kappa shape index (κ1) is 16.4. The van der Waals surface area contributed by atoms with E-state index in [0.717, 1.165) is 0 Å². The Morgan fingerprint density at radius 2 is 1.87 bits per heavy atom. The summed E-state index contributed by atoms with van der Waals surface area (Å²) in [6, 6.07) is 0. The van der Waals surface area contributed by atoms with E-state index in [2.05, 4.69) is 10.8 Å². The number of aliphatic carboxylic acids is 2. The van der Waals surface area contributed by atoms with Crippen LogP contribution in [0.4, 0.5) is 0 Å². The molecule has 0 aromatic carbocycles. The number of carbonyl (C=O) groups is 2. The average Bonchev–Trinajstić information content (AvgIpc) is 2.14. The van der Waals surface area contributed by atoms with Gasteiger partial charge in [0.15, 0.2) is 0 Å². The summed E-state index contributed by atoms with van der Waals surface area (Å²) in [6.07, 6.45) is 0. The zero-order valence-electron chi connectivity index (χ0n) is 8.47. The lowest BCUT2D eigenvalue weighted by atomic mass is 10.4. The minimum atomic E-state index is -1.47. The number of aliphatic hydroxyl groups excluding tert-OH is 1. The molecule has 0 aliphatic carbocycles. The highest BCUT2D eigenvalue weighted by Crippen LogP contribution is 2.08. The maximum atomic E-state index is 9.85. The SMILES string of the molecule is C=C(C)C(=O)O.CCOSC(O)C(=O)O. The van der Waals surface area contributed by atoms with Gasteiger partial charge < -0.3 is 19.5 Å². The van der Waals surface area contributed by atoms with E-state index < -0.39 is 17.4 Å². The number of carboxylic acid groups (broad SMARTS) is 2. The summed E-state index contributed by atoms with van der Waals surface area (Å²) in [5.74, 6) is -2.22. The van der Waals surface area contributed by atoms with Crippen LogP contribution in [-0.2, 0) is 13.8 Å². The molecular formula is C8H14O6S. The predicted molar refractivity (Wildman–Crippen MR) is 55.3 cm³/mol. The average molecular weight is 238 g/mol. The van der Waals surface area contributed by atoms with Crippen molar-refractivity contribution < 1.29 is 29.1 Å². The molecule has 0 spiro atoms. The zero-order chi connectivity index (χ0) is 12.4. The van der Waals surface area contributed by atoms with Crippen LogP contribution in [0.15, 0.2) is 12.2 Å². The summed E-state index contributed by atoms with van der Waals surface area (Å²) in [7, 11) is 0. The van der Waals surface area contributed by atoms with Crippen LogP contribution in [0, 0.1) is 0 Å². The summed E-state index contributed by atoms with van der Waals surface area (Å²) in [5.41, 5.74) is -1.29. The van der Waals surface area contributed by atoms with Crippen molar-refractivity contribution in [2.45, 2.75) is 19.3 Å². The highest BCUT2D eigenvalue weighted by molar-refractivity contribution is 7.95. The minimum absolute atomic E-state index is 0.176. The fourth-order valence-electron chi connectivity index (χ4n) is 0.174. The summed E-state index contributed by atoms with van der Waals surface area (Å²) < 4.78 is 4.54. The molecule has 0 fully saturated rings. The third-order valence-electron chi connectivity index (χ3n) is 0.853. The third-order valence-corrected chi connectivity index (χ3v) is 1.61. The van der Waals surface area contributed by atoms with Gasteiger partial charge in [0.05, 0.1) is 6.61 Å². The van der Waals surface area contributed by atoms with E-state index in [-0.39, 0.29) is 5.57 Å². The van der Waals surface area contributed by atoms with Gasteiger partial charge in [-0.2, -0.15) is 0 Å². The fourth-order valence-corrected chi connectivity index (χ4v) is 0.521. The van der Waals surface area contributed by atoms with Gasteiger partial charge in [-0.15, -0.1) is 0 Å². The maximum absolute atomic E-state index is 9.85. The van der Waals surface area contributed by atoms with Gasteiger partial charge in [-0.05, 0) is 13.8 Å². The lowest BCUT2D eigenvalue weighted by Gasteiger charge is -2.01. The molecule has 0 rings (SSSR count). The Morgan fingerprint density at radius 1 is 1.47 bits per heavy atom. The largest absolute Gasteiger partial charge is 0.479 e. The van der Waals surface area contributed by atoms with Crippen molar-refractivity contribution in [3.8, 4) is 0 Å². The van der Waals surface area contributed by atoms with Gasteiger partial charge in [0.25, 0.3) is 0 Å². The molecule has 88 valence electrons. The Bertz CT molecular complexity index is 215. The Hall–Kier alpha value is -1.05. The molecule has 0 aromatic rings. The van der Waals surface area contributed by atoms with Gasteiger partial charge >= 0.3 is 11.9 Å². The number of carboxylic acids is 2. The molecule has 15 heavy (non-hydrogen) atoms. The molecule has 0 radical (unpaired) electrons. The minimum Gasteiger partial charge on any atom is -0.479 e. The Morgan fingerprint density at radius 3 is 2.07 bits per heavy atom. The topological polar surface area (TPSA) is 104 Å². The van der Waals surface area contributed by atoms with E-state index in [1.54, 1.807) is 6.92 Å². The Kier molecular flexibility index (Phi) is 10.4. The number of hydrogen-bond donors (Lipinski definition) is 3. The van der Waals surface area contributed by atoms with E-state index in [0.29, 0.717) is 18.6 Å². The molecule has 0 aromatic heterocycles. The van der Waals surface area contributed by atoms with Crippen molar-refractivity contribution in [1.82, 2.24) is 0 Å². The van der Waals surface area contributed by atoms with Gasteiger partial charge in [0.2, 0.25) is 5.44 Å². The van der Waals surface area contributed by atoms with Gasteiger partial charge in [-0.1, -0.05) is 6.58 Å². The van der Waals surface area contributed by atoms with E-state index in [9.17, 15) is 9.59 Å². The van der Waals surface area contributed by atoms with Crippen LogP contribution in [-0.4, -0.2) is 39.3 Å². The second kappa shape index (κ2) is 9.50. The number of rotatable bonds is 5. The van der Waals surface area contributed by atoms with Crippen LogP contribution in [0.3, 0.4) is 0 Å². The van der Waals surface area contributed by atoms with Crippen LogP contribution in [0.1, 0.15) is 13.8 Å². The number of hydrogen-bond acceptors (Lipinski definition) is 5. The molecule has 7 heteroatoms. The van der Waals surface area contributed by atoms with Gasteiger partial charge in [-0.3, -0.25) is 0 Å². The molecule has 0 saturated carbocycles. The first-order valence-electron chi connectivity index (χ1n) is 3.90. The van der Waals surface area contributed by atoms with E-state index in [4.69, 9.17) is 15.3 Å². The van der Waals surface area contributed by atoms with E-state index in [1.807, 2.05) is 0 Å². The Balaban J connectivity index is 0. The molecule has 1 unspecified atom stereocenters.